The highest BCUT2D eigenvalue weighted by molar-refractivity contribution is 6.08. The van der Waals surface area contributed by atoms with Crippen molar-refractivity contribution >= 4 is 39.4 Å². The number of imide groups is 1. The predicted octanol–water partition coefficient (Wildman–Crippen LogP) is 2.60. The van der Waals surface area contributed by atoms with Gasteiger partial charge in [-0.3, -0.25) is 20.1 Å². The van der Waals surface area contributed by atoms with Crippen LogP contribution in [0.1, 0.15) is 19.8 Å². The van der Waals surface area contributed by atoms with E-state index < -0.39 is 11.6 Å². The molecule has 28 heavy (non-hydrogen) atoms. The van der Waals surface area contributed by atoms with E-state index in [1.807, 2.05) is 31.3 Å². The molecule has 2 N–H and O–H groups in total. The highest BCUT2D eigenvalue weighted by atomic mass is 16.2. The summed E-state index contributed by atoms with van der Waals surface area (Å²) in [6.07, 6.45) is 5.30. The molecule has 2 saturated heterocycles. The van der Waals surface area contributed by atoms with Crippen molar-refractivity contribution in [2.75, 3.05) is 18.0 Å². The highest BCUT2D eigenvalue weighted by Gasteiger charge is 2.48. The fourth-order valence-corrected chi connectivity index (χ4v) is 4.56. The summed E-state index contributed by atoms with van der Waals surface area (Å²) in [6.45, 7) is 3.47. The average Bonchev–Trinajstić information content (AvgIpc) is 3.00. The third-order valence-electron chi connectivity index (χ3n) is 6.18. The van der Waals surface area contributed by atoms with E-state index in [0.717, 1.165) is 53.4 Å². The monoisotopic (exact) mass is 375 g/mol. The minimum absolute atomic E-state index is 0.116. The maximum absolute atomic E-state index is 12.2. The summed E-state index contributed by atoms with van der Waals surface area (Å²) < 4.78 is 0. The molecular weight excluding hydrogens is 354 g/mol. The van der Waals surface area contributed by atoms with Crippen molar-refractivity contribution < 1.29 is 9.59 Å². The first-order valence-corrected chi connectivity index (χ1v) is 9.57. The summed E-state index contributed by atoms with van der Waals surface area (Å²) in [5.41, 5.74) is 2.15. The Labute approximate surface area is 162 Å². The van der Waals surface area contributed by atoms with Crippen LogP contribution in [-0.4, -0.2) is 40.5 Å². The Bertz CT molecular complexity index is 1110. The molecule has 0 bridgehead atoms. The van der Waals surface area contributed by atoms with Crippen LogP contribution in [0.2, 0.25) is 0 Å². The molecule has 1 aromatic carbocycles. The normalized spacial score (nSPS) is 23.2. The minimum Gasteiger partial charge on any atom is -0.371 e. The third-order valence-corrected chi connectivity index (χ3v) is 6.18. The van der Waals surface area contributed by atoms with E-state index in [0.29, 0.717) is 0 Å². The van der Waals surface area contributed by atoms with Crippen molar-refractivity contribution in [1.82, 2.24) is 20.6 Å². The van der Waals surface area contributed by atoms with Crippen LogP contribution in [0.15, 0.2) is 42.7 Å². The van der Waals surface area contributed by atoms with E-state index >= 15 is 0 Å². The van der Waals surface area contributed by atoms with Crippen LogP contribution in [0.5, 0.6) is 0 Å². The topological polar surface area (TPSA) is 87.2 Å². The fraction of sp³-hybridized carbons (Fsp3) is 0.333. The summed E-state index contributed by atoms with van der Waals surface area (Å²) in [6, 6.07) is 9.82. The maximum atomic E-state index is 12.2. The van der Waals surface area contributed by atoms with Crippen molar-refractivity contribution in [3.63, 3.8) is 0 Å². The number of carbonyl (C=O) groups is 2. The first kappa shape index (κ1) is 16.9. The van der Waals surface area contributed by atoms with Crippen molar-refractivity contribution in [3.05, 3.63) is 42.7 Å². The molecule has 0 aliphatic carbocycles. The molecule has 2 aliphatic rings. The number of nitrogens with zero attached hydrogens (tertiary/aromatic N) is 3. The van der Waals surface area contributed by atoms with Crippen LogP contribution in [0.25, 0.3) is 21.8 Å². The maximum Gasteiger partial charge on any atom is 0.322 e. The number of pyridine rings is 2. The molecule has 0 radical (unpaired) electrons. The number of benzene rings is 1. The van der Waals surface area contributed by atoms with Gasteiger partial charge in [0.05, 0.1) is 11.0 Å². The Morgan fingerprint density at radius 3 is 2.57 bits per heavy atom. The Morgan fingerprint density at radius 1 is 1.04 bits per heavy atom. The zero-order valence-corrected chi connectivity index (χ0v) is 15.6. The third kappa shape index (κ3) is 2.50. The Kier molecular flexibility index (Phi) is 3.72. The summed E-state index contributed by atoms with van der Waals surface area (Å²) in [7, 11) is 0. The lowest BCUT2D eigenvalue weighted by Gasteiger charge is -2.39. The van der Waals surface area contributed by atoms with Crippen LogP contribution in [0.3, 0.4) is 0 Å². The van der Waals surface area contributed by atoms with Gasteiger partial charge in [-0.15, -0.1) is 0 Å². The van der Waals surface area contributed by atoms with E-state index in [9.17, 15) is 9.59 Å². The SMILES string of the molecule is CC1(C2CCN(c3ccnc4c3ccc3cccnc34)CC2)NC(=O)NC1=O. The molecule has 7 nitrogen and oxygen atoms in total. The molecule has 7 heteroatoms. The van der Waals surface area contributed by atoms with E-state index in [2.05, 4.69) is 37.6 Å². The van der Waals surface area contributed by atoms with Crippen LogP contribution in [0, 0.1) is 5.92 Å². The zero-order valence-electron chi connectivity index (χ0n) is 15.6. The summed E-state index contributed by atoms with van der Waals surface area (Å²) in [4.78, 5) is 35.3. The summed E-state index contributed by atoms with van der Waals surface area (Å²) in [5, 5.41) is 7.35. The van der Waals surface area contributed by atoms with Gasteiger partial charge >= 0.3 is 6.03 Å². The van der Waals surface area contributed by atoms with Crippen molar-refractivity contribution in [2.45, 2.75) is 25.3 Å². The molecule has 142 valence electrons. The second-order valence-corrected chi connectivity index (χ2v) is 7.74. The zero-order chi connectivity index (χ0) is 19.3. The number of urea groups is 1. The molecule has 3 amide bonds. The Morgan fingerprint density at radius 2 is 1.82 bits per heavy atom. The number of aromatic nitrogens is 2. The van der Waals surface area contributed by atoms with Crippen LogP contribution in [0.4, 0.5) is 10.5 Å². The van der Waals surface area contributed by atoms with Gasteiger partial charge in [0.25, 0.3) is 5.91 Å². The minimum atomic E-state index is -0.816. The number of anilines is 1. The average molecular weight is 375 g/mol. The number of fused-ring (bicyclic) bond motifs is 3. The number of piperidine rings is 1. The van der Waals surface area contributed by atoms with Crippen molar-refractivity contribution in [2.24, 2.45) is 5.92 Å². The second kappa shape index (κ2) is 6.15. The number of rotatable bonds is 2. The van der Waals surface area contributed by atoms with Crippen molar-refractivity contribution in [3.8, 4) is 0 Å². The summed E-state index contributed by atoms with van der Waals surface area (Å²) >= 11 is 0. The molecule has 2 fully saturated rings. The van der Waals surface area contributed by atoms with Gasteiger partial charge in [-0.2, -0.15) is 0 Å². The Hall–Kier alpha value is -3.22. The van der Waals surface area contributed by atoms with Gasteiger partial charge in [0.15, 0.2) is 0 Å². The lowest BCUT2D eigenvalue weighted by Crippen LogP contribution is -2.53. The molecule has 4 heterocycles. The largest absolute Gasteiger partial charge is 0.371 e. The molecule has 2 aliphatic heterocycles. The van der Waals surface area contributed by atoms with Gasteiger partial charge in [0, 0.05) is 41.9 Å². The van der Waals surface area contributed by atoms with E-state index in [1.165, 1.54) is 0 Å². The van der Waals surface area contributed by atoms with Crippen LogP contribution in [-0.2, 0) is 4.79 Å². The quantitative estimate of drug-likeness (QED) is 0.531. The van der Waals surface area contributed by atoms with Crippen molar-refractivity contribution in [1.29, 1.82) is 0 Å². The molecule has 1 atom stereocenters. The van der Waals surface area contributed by atoms with Gasteiger partial charge in [0.1, 0.15) is 5.54 Å². The number of nitrogens with one attached hydrogen (secondary N) is 2. The van der Waals surface area contributed by atoms with E-state index in [4.69, 9.17) is 0 Å². The van der Waals surface area contributed by atoms with Crippen LogP contribution < -0.4 is 15.5 Å². The lowest BCUT2D eigenvalue weighted by molar-refractivity contribution is -0.125. The van der Waals surface area contributed by atoms with E-state index in [-0.39, 0.29) is 11.8 Å². The number of hydrogen-bond acceptors (Lipinski definition) is 5. The first-order valence-electron chi connectivity index (χ1n) is 9.57. The molecular formula is C21H21N5O2. The number of amides is 3. The number of hydrogen-bond donors (Lipinski definition) is 2. The summed E-state index contributed by atoms with van der Waals surface area (Å²) in [5.74, 6) is -0.103. The fourth-order valence-electron chi connectivity index (χ4n) is 4.56. The standard InChI is InChI=1S/C21H21N5O2/c1-21(19(27)24-20(28)25-21)14-7-11-26(12-8-14)16-6-10-23-18-15(16)5-4-13-3-2-9-22-17(13)18/h2-6,9-10,14H,7-8,11-12H2,1H3,(H2,24,25,27,28). The second-order valence-electron chi connectivity index (χ2n) is 7.74. The first-order chi connectivity index (χ1) is 13.6. The van der Waals surface area contributed by atoms with Gasteiger partial charge in [-0.25, -0.2) is 4.79 Å². The molecule has 3 aromatic rings. The Balaban J connectivity index is 1.44. The number of carbonyl (C=O) groups excluding carboxylic acids is 2. The molecule has 5 rings (SSSR count). The predicted molar refractivity (Wildman–Crippen MR) is 107 cm³/mol. The van der Waals surface area contributed by atoms with Gasteiger partial charge in [0.2, 0.25) is 0 Å². The van der Waals surface area contributed by atoms with E-state index in [1.54, 1.807) is 6.20 Å². The lowest BCUT2D eigenvalue weighted by atomic mass is 9.79. The molecule has 0 spiro atoms. The molecule has 2 aromatic heterocycles. The molecule has 1 unspecified atom stereocenters. The highest BCUT2D eigenvalue weighted by Crippen LogP contribution is 2.35. The van der Waals surface area contributed by atoms with Gasteiger partial charge in [-0.05, 0) is 43.9 Å². The smallest absolute Gasteiger partial charge is 0.322 e. The van der Waals surface area contributed by atoms with Gasteiger partial charge < -0.3 is 10.2 Å². The van der Waals surface area contributed by atoms with Crippen LogP contribution >= 0.6 is 0 Å². The molecule has 0 saturated carbocycles. The van der Waals surface area contributed by atoms with Gasteiger partial charge in [-0.1, -0.05) is 12.1 Å².